The van der Waals surface area contributed by atoms with Crippen molar-refractivity contribution in [3.63, 3.8) is 0 Å². The predicted molar refractivity (Wildman–Crippen MR) is 98.9 cm³/mol. The number of rotatable bonds is 5. The molecule has 0 aliphatic carbocycles. The number of amides is 1. The number of ether oxygens (including phenoxy) is 1. The smallest absolute Gasteiger partial charge is 0.255 e. The molecule has 0 radical (unpaired) electrons. The zero-order chi connectivity index (χ0) is 18.7. The molecule has 2 heterocycles. The lowest BCUT2D eigenvalue weighted by molar-refractivity contribution is -0.0680. The van der Waals surface area contributed by atoms with E-state index in [0.717, 1.165) is 24.1 Å². The monoisotopic (exact) mass is 357 g/mol. The summed E-state index contributed by atoms with van der Waals surface area (Å²) in [4.78, 5) is 12.8. The first-order valence-electron chi connectivity index (χ1n) is 9.07. The van der Waals surface area contributed by atoms with Crippen molar-refractivity contribution in [2.24, 2.45) is 13.0 Å². The van der Waals surface area contributed by atoms with Gasteiger partial charge in [0.05, 0.1) is 17.8 Å². The standard InChI is InChI=1S/C20H27N3O3/c1-14-18(15(2)23(3)22-14)19(24)21-13-20(25,16-7-5-4-6-8-16)17-9-11-26-12-10-17/h4-8,17,25H,9-13H2,1-3H3,(H,21,24)/t20-/m0/s1. The number of aliphatic hydroxyl groups is 1. The minimum Gasteiger partial charge on any atom is -0.383 e. The van der Waals surface area contributed by atoms with Crippen molar-refractivity contribution in [3.05, 3.63) is 52.8 Å². The van der Waals surface area contributed by atoms with Crippen LogP contribution in [0.2, 0.25) is 0 Å². The molecule has 2 aromatic rings. The number of hydrogen-bond acceptors (Lipinski definition) is 4. The molecule has 1 aliphatic heterocycles. The zero-order valence-corrected chi connectivity index (χ0v) is 15.7. The van der Waals surface area contributed by atoms with Crippen LogP contribution < -0.4 is 5.32 Å². The highest BCUT2D eigenvalue weighted by atomic mass is 16.5. The summed E-state index contributed by atoms with van der Waals surface area (Å²) < 4.78 is 7.15. The van der Waals surface area contributed by atoms with E-state index in [1.165, 1.54) is 0 Å². The number of benzene rings is 1. The van der Waals surface area contributed by atoms with E-state index in [1.54, 1.807) is 4.68 Å². The van der Waals surface area contributed by atoms with Crippen LogP contribution in [0.1, 0.15) is 40.2 Å². The Morgan fingerprint density at radius 1 is 1.31 bits per heavy atom. The minimum atomic E-state index is -1.12. The van der Waals surface area contributed by atoms with Crippen molar-refractivity contribution in [3.8, 4) is 0 Å². The van der Waals surface area contributed by atoms with Crippen LogP contribution in [0, 0.1) is 19.8 Å². The van der Waals surface area contributed by atoms with Gasteiger partial charge in [0.25, 0.3) is 5.91 Å². The third-order valence-corrected chi connectivity index (χ3v) is 5.42. The predicted octanol–water partition coefficient (Wildman–Crippen LogP) is 2.08. The number of hydrogen-bond donors (Lipinski definition) is 2. The van der Waals surface area contributed by atoms with Crippen LogP contribution in [-0.2, 0) is 17.4 Å². The van der Waals surface area contributed by atoms with Gasteiger partial charge in [-0.1, -0.05) is 30.3 Å². The van der Waals surface area contributed by atoms with Gasteiger partial charge < -0.3 is 15.2 Å². The highest BCUT2D eigenvalue weighted by Gasteiger charge is 2.39. The van der Waals surface area contributed by atoms with Crippen molar-refractivity contribution in [2.45, 2.75) is 32.3 Å². The van der Waals surface area contributed by atoms with Crippen LogP contribution in [0.5, 0.6) is 0 Å². The molecule has 3 rings (SSSR count). The topological polar surface area (TPSA) is 76.4 Å². The molecule has 1 atom stereocenters. The van der Waals surface area contributed by atoms with Crippen molar-refractivity contribution in [2.75, 3.05) is 19.8 Å². The van der Waals surface area contributed by atoms with E-state index >= 15 is 0 Å². The van der Waals surface area contributed by atoms with E-state index in [0.29, 0.717) is 24.5 Å². The Morgan fingerprint density at radius 3 is 2.54 bits per heavy atom. The molecule has 2 N–H and O–H groups in total. The third kappa shape index (κ3) is 3.52. The van der Waals surface area contributed by atoms with E-state index < -0.39 is 5.60 Å². The van der Waals surface area contributed by atoms with Gasteiger partial charge in [-0.3, -0.25) is 9.48 Å². The molecule has 140 valence electrons. The summed E-state index contributed by atoms with van der Waals surface area (Å²) in [5.41, 5.74) is 1.79. The van der Waals surface area contributed by atoms with E-state index in [2.05, 4.69) is 10.4 Å². The lowest BCUT2D eigenvalue weighted by Crippen LogP contribution is -2.47. The number of nitrogens with zero attached hydrogens (tertiary/aromatic N) is 2. The van der Waals surface area contributed by atoms with Crippen LogP contribution in [0.25, 0.3) is 0 Å². The van der Waals surface area contributed by atoms with Crippen molar-refractivity contribution in [1.82, 2.24) is 15.1 Å². The molecule has 0 bridgehead atoms. The van der Waals surface area contributed by atoms with Gasteiger partial charge in [0.15, 0.2) is 0 Å². The second-order valence-electron chi connectivity index (χ2n) is 7.03. The van der Waals surface area contributed by atoms with Gasteiger partial charge in [-0.15, -0.1) is 0 Å². The maximum absolute atomic E-state index is 12.8. The molecule has 1 saturated heterocycles. The first-order valence-corrected chi connectivity index (χ1v) is 9.07. The molecule has 1 aromatic heterocycles. The Morgan fingerprint density at radius 2 is 1.96 bits per heavy atom. The number of aryl methyl sites for hydroxylation is 2. The normalized spacial score (nSPS) is 17.7. The first kappa shape index (κ1) is 18.6. The molecule has 0 spiro atoms. The summed E-state index contributed by atoms with van der Waals surface area (Å²) in [5, 5.41) is 18.8. The van der Waals surface area contributed by atoms with Crippen LogP contribution >= 0.6 is 0 Å². The van der Waals surface area contributed by atoms with Crippen molar-refractivity contribution < 1.29 is 14.6 Å². The SMILES string of the molecule is Cc1nn(C)c(C)c1C(=O)NC[C@](O)(c1ccccc1)C1CCOCC1. The molecule has 6 nitrogen and oxygen atoms in total. The fraction of sp³-hybridized carbons (Fsp3) is 0.500. The summed E-state index contributed by atoms with van der Waals surface area (Å²) in [6.45, 7) is 5.12. The van der Waals surface area contributed by atoms with Gasteiger partial charge in [0.2, 0.25) is 0 Å². The fourth-order valence-corrected chi connectivity index (χ4v) is 3.79. The van der Waals surface area contributed by atoms with E-state index in [4.69, 9.17) is 4.74 Å². The Labute approximate surface area is 154 Å². The van der Waals surface area contributed by atoms with Crippen LogP contribution in [0.15, 0.2) is 30.3 Å². The lowest BCUT2D eigenvalue weighted by Gasteiger charge is -2.39. The average molecular weight is 357 g/mol. The number of carbonyl (C=O) groups excluding carboxylic acids is 1. The average Bonchev–Trinajstić information content (AvgIpc) is 2.93. The van der Waals surface area contributed by atoms with Crippen molar-refractivity contribution >= 4 is 5.91 Å². The molecule has 1 fully saturated rings. The summed E-state index contributed by atoms with van der Waals surface area (Å²) in [6, 6.07) is 9.59. The molecular formula is C20H27N3O3. The highest BCUT2D eigenvalue weighted by molar-refractivity contribution is 5.96. The van der Waals surface area contributed by atoms with Crippen molar-refractivity contribution in [1.29, 1.82) is 0 Å². The molecule has 1 amide bonds. The van der Waals surface area contributed by atoms with Gasteiger partial charge in [-0.05, 0) is 38.2 Å². The number of nitrogens with one attached hydrogen (secondary N) is 1. The number of carbonyl (C=O) groups is 1. The second kappa shape index (κ2) is 7.60. The van der Waals surface area contributed by atoms with Gasteiger partial charge in [0.1, 0.15) is 5.60 Å². The Bertz CT molecular complexity index is 766. The van der Waals surface area contributed by atoms with E-state index in [1.807, 2.05) is 51.2 Å². The van der Waals surface area contributed by atoms with Crippen LogP contribution in [-0.4, -0.2) is 40.6 Å². The summed E-state index contributed by atoms with van der Waals surface area (Å²) in [7, 11) is 1.82. The Hall–Kier alpha value is -2.18. The third-order valence-electron chi connectivity index (χ3n) is 5.42. The first-order chi connectivity index (χ1) is 12.4. The summed E-state index contributed by atoms with van der Waals surface area (Å²) in [5.74, 6) is -0.162. The fourth-order valence-electron chi connectivity index (χ4n) is 3.79. The molecule has 1 aromatic carbocycles. The quantitative estimate of drug-likeness (QED) is 0.859. The van der Waals surface area contributed by atoms with E-state index in [-0.39, 0.29) is 18.4 Å². The van der Waals surface area contributed by atoms with Crippen LogP contribution in [0.3, 0.4) is 0 Å². The molecule has 6 heteroatoms. The largest absolute Gasteiger partial charge is 0.383 e. The maximum Gasteiger partial charge on any atom is 0.255 e. The van der Waals surface area contributed by atoms with Gasteiger partial charge >= 0.3 is 0 Å². The van der Waals surface area contributed by atoms with Crippen LogP contribution in [0.4, 0.5) is 0 Å². The molecular weight excluding hydrogens is 330 g/mol. The maximum atomic E-state index is 12.8. The molecule has 0 saturated carbocycles. The summed E-state index contributed by atoms with van der Waals surface area (Å²) in [6.07, 6.45) is 1.54. The van der Waals surface area contributed by atoms with Gasteiger partial charge in [-0.2, -0.15) is 5.10 Å². The highest BCUT2D eigenvalue weighted by Crippen LogP contribution is 2.35. The molecule has 0 unspecified atom stereocenters. The van der Waals surface area contributed by atoms with Gasteiger partial charge in [0, 0.05) is 26.0 Å². The van der Waals surface area contributed by atoms with E-state index in [9.17, 15) is 9.90 Å². The Kier molecular flexibility index (Phi) is 5.44. The minimum absolute atomic E-state index is 0.0371. The zero-order valence-electron chi connectivity index (χ0n) is 15.7. The summed E-state index contributed by atoms with van der Waals surface area (Å²) >= 11 is 0. The molecule has 26 heavy (non-hydrogen) atoms. The number of aromatic nitrogens is 2. The van der Waals surface area contributed by atoms with Gasteiger partial charge in [-0.25, -0.2) is 0 Å². The Balaban J connectivity index is 1.83. The second-order valence-corrected chi connectivity index (χ2v) is 7.03. The lowest BCUT2D eigenvalue weighted by atomic mass is 9.77. The molecule has 1 aliphatic rings.